The molecule has 0 spiro atoms. The molecule has 0 aromatic heterocycles. The van der Waals surface area contributed by atoms with E-state index in [-0.39, 0.29) is 16.9 Å². The van der Waals surface area contributed by atoms with Crippen molar-refractivity contribution in [1.29, 1.82) is 0 Å². The molecule has 0 fully saturated rings. The lowest BCUT2D eigenvalue weighted by Gasteiger charge is -2.15. The van der Waals surface area contributed by atoms with Crippen molar-refractivity contribution < 1.29 is 13.9 Å². The highest BCUT2D eigenvalue weighted by Gasteiger charge is 2.24. The van der Waals surface area contributed by atoms with E-state index in [0.29, 0.717) is 18.4 Å². The Balaban J connectivity index is 2.63. The molecule has 15 heavy (non-hydrogen) atoms. The molecule has 1 nitrogen and oxygen atoms in total. The van der Waals surface area contributed by atoms with Gasteiger partial charge in [0.1, 0.15) is 11.6 Å². The minimum absolute atomic E-state index is 0.185. The van der Waals surface area contributed by atoms with Crippen molar-refractivity contribution in [3.63, 3.8) is 0 Å². The molecule has 3 heteroatoms. The molecular weight excluding hydrogens is 198 g/mol. The van der Waals surface area contributed by atoms with Gasteiger partial charge in [-0.15, -0.1) is 0 Å². The van der Waals surface area contributed by atoms with Crippen LogP contribution in [0, 0.1) is 18.6 Å². The first-order valence-electron chi connectivity index (χ1n) is 5.26. The van der Waals surface area contributed by atoms with Crippen LogP contribution in [0.15, 0.2) is 6.07 Å². The number of benzene rings is 1. The van der Waals surface area contributed by atoms with Crippen LogP contribution in [0.1, 0.15) is 42.1 Å². The van der Waals surface area contributed by atoms with Gasteiger partial charge in [0, 0.05) is 5.56 Å². The van der Waals surface area contributed by atoms with Gasteiger partial charge in [0.15, 0.2) is 0 Å². The lowest BCUT2D eigenvalue weighted by atomic mass is 9.97. The molecule has 1 aliphatic carbocycles. The Hall–Kier alpha value is -0.960. The minimum atomic E-state index is -0.850. The van der Waals surface area contributed by atoms with Gasteiger partial charge >= 0.3 is 0 Å². The number of aryl methyl sites for hydroxylation is 1. The molecule has 2 rings (SSSR count). The topological polar surface area (TPSA) is 20.2 Å². The number of halogens is 2. The van der Waals surface area contributed by atoms with Crippen molar-refractivity contribution in [3.8, 4) is 0 Å². The molecule has 82 valence electrons. The summed E-state index contributed by atoms with van der Waals surface area (Å²) in [5.74, 6) is -0.828. The number of hydrogen-bond donors (Lipinski definition) is 1. The lowest BCUT2D eigenvalue weighted by Crippen LogP contribution is -2.07. The van der Waals surface area contributed by atoms with E-state index in [1.807, 2.05) is 0 Å². The van der Waals surface area contributed by atoms with Crippen molar-refractivity contribution in [2.24, 2.45) is 0 Å². The number of fused-ring (bicyclic) bond motifs is 1. The normalized spacial score (nSPS) is 20.9. The predicted molar refractivity (Wildman–Crippen MR) is 53.6 cm³/mol. The van der Waals surface area contributed by atoms with E-state index in [1.165, 1.54) is 13.0 Å². The second-order valence-corrected chi connectivity index (χ2v) is 4.14. The smallest absolute Gasteiger partial charge is 0.132 e. The van der Waals surface area contributed by atoms with E-state index < -0.39 is 11.9 Å². The van der Waals surface area contributed by atoms with Crippen LogP contribution >= 0.6 is 0 Å². The van der Waals surface area contributed by atoms with E-state index in [9.17, 15) is 13.9 Å². The van der Waals surface area contributed by atoms with Gasteiger partial charge in [-0.05, 0) is 43.4 Å². The van der Waals surface area contributed by atoms with Gasteiger partial charge in [-0.25, -0.2) is 8.78 Å². The summed E-state index contributed by atoms with van der Waals surface area (Å²) >= 11 is 0. The highest BCUT2D eigenvalue weighted by molar-refractivity contribution is 5.37. The van der Waals surface area contributed by atoms with Gasteiger partial charge < -0.3 is 5.11 Å². The van der Waals surface area contributed by atoms with E-state index >= 15 is 0 Å². The monoisotopic (exact) mass is 212 g/mol. The van der Waals surface area contributed by atoms with Gasteiger partial charge in [-0.1, -0.05) is 6.42 Å². The Labute approximate surface area is 87.7 Å². The van der Waals surface area contributed by atoms with Crippen molar-refractivity contribution >= 4 is 0 Å². The van der Waals surface area contributed by atoms with Crippen molar-refractivity contribution in [2.75, 3.05) is 0 Å². The van der Waals surface area contributed by atoms with Gasteiger partial charge in [-0.3, -0.25) is 0 Å². The summed E-state index contributed by atoms with van der Waals surface area (Å²) in [6, 6.07) is 1.21. The Morgan fingerprint density at radius 3 is 2.80 bits per heavy atom. The number of rotatable bonds is 0. The van der Waals surface area contributed by atoms with E-state index in [0.717, 1.165) is 12.8 Å². The van der Waals surface area contributed by atoms with Gasteiger partial charge in [-0.2, -0.15) is 0 Å². The first kappa shape index (κ1) is 10.6. The fraction of sp³-hybridized carbons (Fsp3) is 0.500. The van der Waals surface area contributed by atoms with Crippen molar-refractivity contribution in [1.82, 2.24) is 0 Å². The second kappa shape index (κ2) is 3.89. The quantitative estimate of drug-likeness (QED) is 0.655. The third-order valence-electron chi connectivity index (χ3n) is 3.03. The van der Waals surface area contributed by atoms with Gasteiger partial charge in [0.25, 0.3) is 0 Å². The zero-order valence-corrected chi connectivity index (χ0v) is 8.69. The van der Waals surface area contributed by atoms with Crippen LogP contribution in [0.25, 0.3) is 0 Å². The fourth-order valence-electron chi connectivity index (χ4n) is 2.20. The minimum Gasteiger partial charge on any atom is -0.388 e. The molecule has 0 aliphatic heterocycles. The third kappa shape index (κ3) is 1.76. The summed E-state index contributed by atoms with van der Waals surface area (Å²) in [6.45, 7) is 1.52. The van der Waals surface area contributed by atoms with Crippen LogP contribution in [0.2, 0.25) is 0 Å². The number of aliphatic hydroxyl groups is 1. The summed E-state index contributed by atoms with van der Waals surface area (Å²) < 4.78 is 27.4. The molecule has 1 aliphatic rings. The first-order valence-corrected chi connectivity index (χ1v) is 5.26. The van der Waals surface area contributed by atoms with Crippen LogP contribution < -0.4 is 0 Å². The summed E-state index contributed by atoms with van der Waals surface area (Å²) in [5, 5.41) is 9.76. The molecule has 0 bridgehead atoms. The summed E-state index contributed by atoms with van der Waals surface area (Å²) in [6.07, 6.45) is 1.82. The zero-order chi connectivity index (χ0) is 11.0. The fourth-order valence-corrected chi connectivity index (χ4v) is 2.20. The zero-order valence-electron chi connectivity index (χ0n) is 8.69. The molecule has 1 N–H and O–H groups in total. The van der Waals surface area contributed by atoms with Crippen LogP contribution in [0.4, 0.5) is 8.78 Å². The molecule has 0 radical (unpaired) electrons. The van der Waals surface area contributed by atoms with Crippen LogP contribution in [0.5, 0.6) is 0 Å². The Morgan fingerprint density at radius 2 is 2.07 bits per heavy atom. The summed E-state index contributed by atoms with van der Waals surface area (Å²) in [4.78, 5) is 0. The van der Waals surface area contributed by atoms with E-state index in [1.54, 1.807) is 0 Å². The molecule has 0 saturated heterocycles. The predicted octanol–water partition coefficient (Wildman–Crippen LogP) is 3.03. The average molecular weight is 212 g/mol. The van der Waals surface area contributed by atoms with Crippen LogP contribution in [-0.2, 0) is 6.42 Å². The van der Waals surface area contributed by atoms with E-state index in [2.05, 4.69) is 0 Å². The number of aliphatic hydroxyl groups excluding tert-OH is 1. The maximum atomic E-state index is 13.8. The third-order valence-corrected chi connectivity index (χ3v) is 3.03. The van der Waals surface area contributed by atoms with Crippen molar-refractivity contribution in [2.45, 2.75) is 38.7 Å². The van der Waals surface area contributed by atoms with Gasteiger partial charge in [0.05, 0.1) is 6.10 Å². The maximum absolute atomic E-state index is 13.8. The molecular formula is C12H14F2O. The largest absolute Gasteiger partial charge is 0.388 e. The Kier molecular flexibility index (Phi) is 2.74. The highest BCUT2D eigenvalue weighted by Crippen LogP contribution is 2.33. The Bertz CT molecular complexity index is 388. The molecule has 1 aromatic rings. The van der Waals surface area contributed by atoms with Crippen LogP contribution in [0.3, 0.4) is 0 Å². The molecule has 0 saturated carbocycles. The van der Waals surface area contributed by atoms with Crippen molar-refractivity contribution in [3.05, 3.63) is 34.4 Å². The second-order valence-electron chi connectivity index (χ2n) is 4.14. The average Bonchev–Trinajstić information content (AvgIpc) is 2.37. The molecule has 0 unspecified atom stereocenters. The molecule has 0 amide bonds. The molecule has 1 atom stereocenters. The Morgan fingerprint density at radius 1 is 1.33 bits per heavy atom. The summed E-state index contributed by atoms with van der Waals surface area (Å²) in [5.41, 5.74) is 0.820. The standard InChI is InChI=1S/C12H14F2O/c1-7-6-9(13)8-4-2-3-5-10(15)11(8)12(7)14/h6,10,15H,2-5H2,1H3/t10-/m0/s1. The SMILES string of the molecule is Cc1cc(F)c2c(c1F)[C@@H](O)CCCC2. The highest BCUT2D eigenvalue weighted by atomic mass is 19.1. The number of hydrogen-bond acceptors (Lipinski definition) is 1. The van der Waals surface area contributed by atoms with E-state index in [4.69, 9.17) is 0 Å². The molecule has 0 heterocycles. The maximum Gasteiger partial charge on any atom is 0.132 e. The van der Waals surface area contributed by atoms with Gasteiger partial charge in [0.2, 0.25) is 0 Å². The molecule has 1 aromatic carbocycles. The first-order chi connectivity index (χ1) is 7.11. The lowest BCUT2D eigenvalue weighted by molar-refractivity contribution is 0.161. The summed E-state index contributed by atoms with van der Waals surface area (Å²) in [7, 11) is 0. The van der Waals surface area contributed by atoms with Crippen LogP contribution in [-0.4, -0.2) is 5.11 Å².